The highest BCUT2D eigenvalue weighted by Crippen LogP contribution is 2.31. The van der Waals surface area contributed by atoms with E-state index in [2.05, 4.69) is 20.3 Å². The fourth-order valence-corrected chi connectivity index (χ4v) is 3.21. The lowest BCUT2D eigenvalue weighted by Crippen LogP contribution is -2.36. The number of rotatable bonds is 4. The predicted molar refractivity (Wildman–Crippen MR) is 104 cm³/mol. The van der Waals surface area contributed by atoms with E-state index in [4.69, 9.17) is 0 Å². The van der Waals surface area contributed by atoms with Gasteiger partial charge in [0.15, 0.2) is 0 Å². The SMILES string of the molecule is CN1CC(=O)N(c2ccccc2F)Cc2c(NCc3ccccn3)ncnc21. The Hall–Kier alpha value is -3.55. The zero-order valence-electron chi connectivity index (χ0n) is 15.3. The molecule has 0 saturated carbocycles. The molecule has 0 spiro atoms. The van der Waals surface area contributed by atoms with Crippen molar-refractivity contribution >= 4 is 23.2 Å². The quantitative estimate of drug-likeness (QED) is 0.752. The van der Waals surface area contributed by atoms with Gasteiger partial charge in [0.05, 0.1) is 36.6 Å². The number of benzene rings is 1. The number of nitrogens with one attached hydrogen (secondary N) is 1. The summed E-state index contributed by atoms with van der Waals surface area (Å²) in [6, 6.07) is 11.9. The molecule has 1 aliphatic heterocycles. The van der Waals surface area contributed by atoms with E-state index in [1.807, 2.05) is 18.2 Å². The highest BCUT2D eigenvalue weighted by molar-refractivity contribution is 5.98. The Kier molecular flexibility index (Phi) is 4.84. The number of carbonyl (C=O) groups excluding carboxylic acids is 1. The van der Waals surface area contributed by atoms with Gasteiger partial charge in [-0.15, -0.1) is 0 Å². The molecule has 8 heteroatoms. The number of nitrogens with zero attached hydrogens (tertiary/aromatic N) is 5. The first-order valence-electron chi connectivity index (χ1n) is 8.87. The second-order valence-corrected chi connectivity index (χ2v) is 6.49. The topological polar surface area (TPSA) is 74.2 Å². The number of para-hydroxylation sites is 1. The molecule has 1 N–H and O–H groups in total. The van der Waals surface area contributed by atoms with Gasteiger partial charge in [-0.3, -0.25) is 9.78 Å². The lowest BCUT2D eigenvalue weighted by Gasteiger charge is -2.22. The van der Waals surface area contributed by atoms with Crippen LogP contribution in [0.25, 0.3) is 0 Å². The summed E-state index contributed by atoms with van der Waals surface area (Å²) in [6.07, 6.45) is 3.18. The van der Waals surface area contributed by atoms with Gasteiger partial charge in [-0.25, -0.2) is 14.4 Å². The van der Waals surface area contributed by atoms with E-state index < -0.39 is 5.82 Å². The van der Waals surface area contributed by atoms with E-state index in [0.29, 0.717) is 18.2 Å². The van der Waals surface area contributed by atoms with Crippen LogP contribution < -0.4 is 15.1 Å². The third kappa shape index (κ3) is 3.48. The van der Waals surface area contributed by atoms with Crippen molar-refractivity contribution in [1.82, 2.24) is 15.0 Å². The van der Waals surface area contributed by atoms with Crippen molar-refractivity contribution in [2.75, 3.05) is 28.7 Å². The number of pyridine rings is 1. The van der Waals surface area contributed by atoms with Gasteiger partial charge in [-0.1, -0.05) is 18.2 Å². The minimum Gasteiger partial charge on any atom is -0.364 e. The summed E-state index contributed by atoms with van der Waals surface area (Å²) in [6.45, 7) is 0.741. The molecule has 0 atom stereocenters. The first kappa shape index (κ1) is 17.8. The third-order valence-corrected chi connectivity index (χ3v) is 4.58. The molecule has 1 amide bonds. The molecular weight excluding hydrogens is 359 g/mol. The summed E-state index contributed by atoms with van der Waals surface area (Å²) in [5, 5.41) is 3.27. The van der Waals surface area contributed by atoms with E-state index in [9.17, 15) is 9.18 Å². The molecule has 0 saturated heterocycles. The molecule has 1 aliphatic rings. The maximum absolute atomic E-state index is 14.4. The van der Waals surface area contributed by atoms with Crippen LogP contribution >= 0.6 is 0 Å². The summed E-state index contributed by atoms with van der Waals surface area (Å²) < 4.78 is 14.4. The summed E-state index contributed by atoms with van der Waals surface area (Å²) in [4.78, 5) is 29.0. The summed E-state index contributed by atoms with van der Waals surface area (Å²) in [5.41, 5.74) is 1.84. The van der Waals surface area contributed by atoms with Gasteiger partial charge in [0.25, 0.3) is 0 Å². The molecule has 3 aromatic rings. The highest BCUT2D eigenvalue weighted by Gasteiger charge is 2.29. The number of hydrogen-bond donors (Lipinski definition) is 1. The van der Waals surface area contributed by atoms with Crippen molar-refractivity contribution < 1.29 is 9.18 Å². The molecule has 0 fully saturated rings. The molecular formula is C20H19FN6O. The monoisotopic (exact) mass is 378 g/mol. The smallest absolute Gasteiger partial charge is 0.246 e. The van der Waals surface area contributed by atoms with Crippen LogP contribution in [0.1, 0.15) is 11.3 Å². The van der Waals surface area contributed by atoms with Crippen molar-refractivity contribution in [3.63, 3.8) is 0 Å². The van der Waals surface area contributed by atoms with Crippen molar-refractivity contribution in [3.05, 3.63) is 72.1 Å². The Balaban J connectivity index is 1.69. The first-order chi connectivity index (χ1) is 13.6. The van der Waals surface area contributed by atoms with Crippen LogP contribution in [-0.4, -0.2) is 34.5 Å². The van der Waals surface area contributed by atoms with Gasteiger partial charge < -0.3 is 15.1 Å². The molecule has 28 heavy (non-hydrogen) atoms. The van der Waals surface area contributed by atoms with Crippen LogP contribution in [0.3, 0.4) is 0 Å². The van der Waals surface area contributed by atoms with Crippen LogP contribution in [0, 0.1) is 5.82 Å². The predicted octanol–water partition coefficient (Wildman–Crippen LogP) is 2.61. The first-order valence-corrected chi connectivity index (χ1v) is 8.87. The van der Waals surface area contributed by atoms with Crippen LogP contribution in [0.4, 0.5) is 21.7 Å². The van der Waals surface area contributed by atoms with Gasteiger partial charge in [0.2, 0.25) is 5.91 Å². The van der Waals surface area contributed by atoms with Gasteiger partial charge in [0.1, 0.15) is 23.8 Å². The number of aromatic nitrogens is 3. The fraction of sp³-hybridized carbons (Fsp3) is 0.200. The minimum atomic E-state index is -0.443. The molecule has 0 aliphatic carbocycles. The van der Waals surface area contributed by atoms with Gasteiger partial charge in [0, 0.05) is 13.2 Å². The van der Waals surface area contributed by atoms with Gasteiger partial charge in [-0.2, -0.15) is 0 Å². The van der Waals surface area contributed by atoms with Crippen molar-refractivity contribution in [3.8, 4) is 0 Å². The van der Waals surface area contributed by atoms with Crippen LogP contribution in [0.5, 0.6) is 0 Å². The number of hydrogen-bond acceptors (Lipinski definition) is 6. The highest BCUT2D eigenvalue weighted by atomic mass is 19.1. The maximum Gasteiger partial charge on any atom is 0.246 e. The van der Waals surface area contributed by atoms with Crippen molar-refractivity contribution in [2.24, 2.45) is 0 Å². The third-order valence-electron chi connectivity index (χ3n) is 4.58. The number of carbonyl (C=O) groups is 1. The van der Waals surface area contributed by atoms with E-state index in [1.165, 1.54) is 17.3 Å². The maximum atomic E-state index is 14.4. The Morgan fingerprint density at radius 2 is 1.89 bits per heavy atom. The lowest BCUT2D eigenvalue weighted by atomic mass is 10.2. The van der Waals surface area contributed by atoms with E-state index in [0.717, 1.165) is 11.3 Å². The van der Waals surface area contributed by atoms with Gasteiger partial charge in [-0.05, 0) is 24.3 Å². The molecule has 3 heterocycles. The van der Waals surface area contributed by atoms with Crippen LogP contribution in [0.2, 0.25) is 0 Å². The Morgan fingerprint density at radius 3 is 2.68 bits per heavy atom. The second-order valence-electron chi connectivity index (χ2n) is 6.49. The number of likely N-dealkylation sites (N-methyl/N-ethyl adjacent to an activating group) is 1. The molecule has 0 radical (unpaired) electrons. The Bertz CT molecular complexity index is 997. The number of fused-ring (bicyclic) bond motifs is 1. The zero-order valence-corrected chi connectivity index (χ0v) is 15.3. The Morgan fingerprint density at radius 1 is 1.07 bits per heavy atom. The number of halogens is 1. The van der Waals surface area contributed by atoms with E-state index >= 15 is 0 Å². The Labute approximate surface area is 161 Å². The lowest BCUT2D eigenvalue weighted by molar-refractivity contribution is -0.117. The molecule has 4 rings (SSSR count). The molecule has 142 valence electrons. The molecule has 0 unspecified atom stereocenters. The second kappa shape index (κ2) is 7.59. The van der Waals surface area contributed by atoms with Crippen LogP contribution in [0.15, 0.2) is 55.0 Å². The minimum absolute atomic E-state index is 0.0953. The summed E-state index contributed by atoms with van der Waals surface area (Å²) >= 11 is 0. The van der Waals surface area contributed by atoms with E-state index in [-0.39, 0.29) is 24.7 Å². The summed E-state index contributed by atoms with van der Waals surface area (Å²) in [7, 11) is 1.79. The average molecular weight is 378 g/mol. The van der Waals surface area contributed by atoms with Gasteiger partial charge >= 0.3 is 0 Å². The standard InChI is InChI=1S/C20H19FN6O/c1-26-12-18(28)27(17-8-3-2-7-16(17)21)11-15-19(24-13-25-20(15)26)23-10-14-6-4-5-9-22-14/h2-9,13H,10-12H2,1H3,(H,23,24,25). The van der Waals surface area contributed by atoms with Crippen molar-refractivity contribution in [2.45, 2.75) is 13.1 Å². The summed E-state index contributed by atoms with van der Waals surface area (Å²) in [5.74, 6) is 0.590. The van der Waals surface area contributed by atoms with Crippen molar-refractivity contribution in [1.29, 1.82) is 0 Å². The number of anilines is 3. The fourth-order valence-electron chi connectivity index (χ4n) is 3.21. The average Bonchev–Trinajstić information content (AvgIpc) is 2.84. The zero-order chi connectivity index (χ0) is 19.5. The normalized spacial score (nSPS) is 13.9. The number of amides is 1. The van der Waals surface area contributed by atoms with E-state index in [1.54, 1.807) is 36.3 Å². The van der Waals surface area contributed by atoms with Crippen LogP contribution in [-0.2, 0) is 17.9 Å². The molecule has 1 aromatic carbocycles. The largest absolute Gasteiger partial charge is 0.364 e. The molecule has 2 aromatic heterocycles. The molecule has 7 nitrogen and oxygen atoms in total. The molecule has 0 bridgehead atoms.